The molecule has 0 radical (unpaired) electrons. The van der Waals surface area contributed by atoms with Crippen molar-refractivity contribution in [1.82, 2.24) is 9.80 Å². The van der Waals surface area contributed by atoms with Gasteiger partial charge in [0.25, 0.3) is 0 Å². The number of halogens is 1. The van der Waals surface area contributed by atoms with Crippen LogP contribution >= 0.6 is 11.6 Å². The molecule has 6 heteroatoms. The molecule has 1 saturated heterocycles. The number of hydrogen-bond donors (Lipinski definition) is 0. The van der Waals surface area contributed by atoms with Crippen LogP contribution in [0.5, 0.6) is 5.75 Å². The number of carbonyl (C=O) groups excluding carboxylic acids is 2. The molecule has 2 rings (SSSR count). The van der Waals surface area contributed by atoms with Crippen LogP contribution in [-0.2, 0) is 9.59 Å². The summed E-state index contributed by atoms with van der Waals surface area (Å²) in [5, 5.41) is 0.577. The molecule has 0 aromatic heterocycles. The smallest absolute Gasteiger partial charge is 0.228 e. The van der Waals surface area contributed by atoms with Crippen LogP contribution in [0.1, 0.15) is 33.6 Å². The van der Waals surface area contributed by atoms with E-state index in [4.69, 9.17) is 16.3 Å². The number of carbonyl (C=O) groups is 2. The van der Waals surface area contributed by atoms with Gasteiger partial charge in [0.2, 0.25) is 11.8 Å². The molecule has 1 aromatic rings. The minimum Gasteiger partial charge on any atom is -0.492 e. The summed E-state index contributed by atoms with van der Waals surface area (Å²) in [7, 11) is 0. The van der Waals surface area contributed by atoms with Gasteiger partial charge in [0.05, 0.1) is 11.6 Å². The lowest BCUT2D eigenvalue weighted by Gasteiger charge is -2.37. The Labute approximate surface area is 154 Å². The Kier molecular flexibility index (Phi) is 6.71. The van der Waals surface area contributed by atoms with E-state index in [1.807, 2.05) is 48.8 Å². The largest absolute Gasteiger partial charge is 0.492 e. The second-order valence-electron chi connectivity index (χ2n) is 7.31. The number of amides is 2. The molecule has 0 atom stereocenters. The van der Waals surface area contributed by atoms with Crippen LogP contribution in [0.25, 0.3) is 0 Å². The maximum absolute atomic E-state index is 12.3. The van der Waals surface area contributed by atoms with Crippen LogP contribution in [0.15, 0.2) is 24.3 Å². The lowest BCUT2D eigenvalue weighted by Crippen LogP contribution is -2.53. The van der Waals surface area contributed by atoms with E-state index in [9.17, 15) is 9.59 Å². The van der Waals surface area contributed by atoms with Crippen LogP contribution in [0, 0.1) is 5.41 Å². The summed E-state index contributed by atoms with van der Waals surface area (Å²) in [5.41, 5.74) is -0.373. The van der Waals surface area contributed by atoms with Gasteiger partial charge in [0.1, 0.15) is 5.75 Å². The van der Waals surface area contributed by atoms with Crippen LogP contribution in [0.4, 0.5) is 0 Å². The molecule has 0 N–H and O–H groups in total. The molecule has 25 heavy (non-hydrogen) atoms. The molecule has 1 aliphatic rings. The van der Waals surface area contributed by atoms with Crippen molar-refractivity contribution < 1.29 is 14.3 Å². The maximum Gasteiger partial charge on any atom is 0.228 e. The normalized spacial score (nSPS) is 15.2. The zero-order chi connectivity index (χ0) is 18.4. The van der Waals surface area contributed by atoms with Gasteiger partial charge in [0.15, 0.2) is 0 Å². The highest BCUT2D eigenvalue weighted by Gasteiger charge is 2.30. The Morgan fingerprint density at radius 3 is 2.28 bits per heavy atom. The highest BCUT2D eigenvalue weighted by molar-refractivity contribution is 6.32. The highest BCUT2D eigenvalue weighted by Crippen LogP contribution is 2.23. The van der Waals surface area contributed by atoms with E-state index in [0.717, 1.165) is 0 Å². The molecule has 0 spiro atoms. The lowest BCUT2D eigenvalue weighted by atomic mass is 9.94. The topological polar surface area (TPSA) is 49.9 Å². The van der Waals surface area contributed by atoms with Gasteiger partial charge in [0, 0.05) is 38.0 Å². The fourth-order valence-corrected chi connectivity index (χ4v) is 2.95. The molecule has 1 heterocycles. The number of para-hydroxylation sites is 1. The van der Waals surface area contributed by atoms with Crippen molar-refractivity contribution in [2.45, 2.75) is 33.6 Å². The fraction of sp³-hybridized carbons (Fsp3) is 0.579. The SMILES string of the molecule is CC(C)(C)C(=O)N1CCN(C(=O)CCCOc2ccccc2Cl)CC1. The van der Waals surface area contributed by atoms with Crippen molar-refractivity contribution in [3.63, 3.8) is 0 Å². The molecule has 1 aliphatic heterocycles. The van der Waals surface area contributed by atoms with E-state index < -0.39 is 0 Å². The van der Waals surface area contributed by atoms with Crippen molar-refractivity contribution >= 4 is 23.4 Å². The number of rotatable bonds is 5. The zero-order valence-corrected chi connectivity index (χ0v) is 16.0. The molecule has 0 aliphatic carbocycles. The summed E-state index contributed by atoms with van der Waals surface area (Å²) in [6.45, 7) is 8.65. The van der Waals surface area contributed by atoms with E-state index in [1.165, 1.54) is 0 Å². The standard InChI is InChI=1S/C19H27ClN2O3/c1-19(2,3)18(24)22-12-10-21(11-13-22)17(23)9-6-14-25-16-8-5-4-7-15(16)20/h4-5,7-8H,6,9-14H2,1-3H3. The van der Waals surface area contributed by atoms with Crippen LogP contribution in [0.2, 0.25) is 5.02 Å². The molecular formula is C19H27ClN2O3. The summed E-state index contributed by atoms with van der Waals surface area (Å²) in [4.78, 5) is 28.2. The van der Waals surface area contributed by atoms with Gasteiger partial charge in [-0.1, -0.05) is 44.5 Å². The van der Waals surface area contributed by atoms with Crippen LogP contribution in [0.3, 0.4) is 0 Å². The number of ether oxygens (including phenoxy) is 1. The second kappa shape index (κ2) is 8.56. The highest BCUT2D eigenvalue weighted by atomic mass is 35.5. The Bertz CT molecular complexity index is 605. The first-order valence-corrected chi connectivity index (χ1v) is 9.11. The Morgan fingerprint density at radius 2 is 1.68 bits per heavy atom. The second-order valence-corrected chi connectivity index (χ2v) is 7.71. The number of nitrogens with zero attached hydrogens (tertiary/aromatic N) is 2. The van der Waals surface area contributed by atoms with Gasteiger partial charge in [-0.05, 0) is 18.6 Å². The van der Waals surface area contributed by atoms with E-state index >= 15 is 0 Å². The number of benzene rings is 1. The Morgan fingerprint density at radius 1 is 1.08 bits per heavy atom. The summed E-state index contributed by atoms with van der Waals surface area (Å²) >= 11 is 6.03. The first kappa shape index (κ1) is 19.6. The van der Waals surface area contributed by atoms with E-state index in [0.29, 0.717) is 56.4 Å². The average molecular weight is 367 g/mol. The monoisotopic (exact) mass is 366 g/mol. The quantitative estimate of drug-likeness (QED) is 0.752. The molecule has 0 unspecified atom stereocenters. The third kappa shape index (κ3) is 5.63. The van der Waals surface area contributed by atoms with Crippen molar-refractivity contribution in [3.05, 3.63) is 29.3 Å². The average Bonchev–Trinajstić information content (AvgIpc) is 2.58. The third-order valence-electron chi connectivity index (χ3n) is 4.19. The molecule has 5 nitrogen and oxygen atoms in total. The van der Waals surface area contributed by atoms with Gasteiger partial charge in [-0.3, -0.25) is 9.59 Å². The molecule has 0 bridgehead atoms. The maximum atomic E-state index is 12.3. The first-order valence-electron chi connectivity index (χ1n) is 8.73. The van der Waals surface area contributed by atoms with Crippen molar-refractivity contribution in [3.8, 4) is 5.75 Å². The van der Waals surface area contributed by atoms with Gasteiger partial charge < -0.3 is 14.5 Å². The molecule has 138 valence electrons. The van der Waals surface area contributed by atoms with Crippen LogP contribution < -0.4 is 4.74 Å². The van der Waals surface area contributed by atoms with Gasteiger partial charge in [-0.15, -0.1) is 0 Å². The Balaban J connectivity index is 1.69. The van der Waals surface area contributed by atoms with Crippen molar-refractivity contribution in [1.29, 1.82) is 0 Å². The Hall–Kier alpha value is -1.75. The molecule has 1 fully saturated rings. The van der Waals surface area contributed by atoms with Crippen molar-refractivity contribution in [2.75, 3.05) is 32.8 Å². The summed E-state index contributed by atoms with van der Waals surface area (Å²) < 4.78 is 5.60. The van der Waals surface area contributed by atoms with Crippen molar-refractivity contribution in [2.24, 2.45) is 5.41 Å². The van der Waals surface area contributed by atoms with E-state index in [-0.39, 0.29) is 17.2 Å². The molecule has 2 amide bonds. The van der Waals surface area contributed by atoms with Crippen LogP contribution in [-0.4, -0.2) is 54.4 Å². The van der Waals surface area contributed by atoms with E-state index in [1.54, 1.807) is 6.07 Å². The predicted molar refractivity (Wildman–Crippen MR) is 98.8 cm³/mol. The minimum absolute atomic E-state index is 0.116. The summed E-state index contributed by atoms with van der Waals surface area (Å²) in [5.74, 6) is 0.907. The number of piperazine rings is 1. The molecule has 1 aromatic carbocycles. The number of hydrogen-bond acceptors (Lipinski definition) is 3. The van der Waals surface area contributed by atoms with Gasteiger partial charge in [-0.2, -0.15) is 0 Å². The fourth-order valence-electron chi connectivity index (χ4n) is 2.76. The predicted octanol–water partition coefficient (Wildman–Crippen LogP) is 3.22. The molecule has 0 saturated carbocycles. The lowest BCUT2D eigenvalue weighted by molar-refractivity contribution is -0.145. The summed E-state index contributed by atoms with van der Waals surface area (Å²) in [6, 6.07) is 7.31. The molecular weight excluding hydrogens is 340 g/mol. The minimum atomic E-state index is -0.373. The van der Waals surface area contributed by atoms with Gasteiger partial charge in [-0.25, -0.2) is 0 Å². The third-order valence-corrected chi connectivity index (χ3v) is 4.50. The van der Waals surface area contributed by atoms with Gasteiger partial charge >= 0.3 is 0 Å². The zero-order valence-electron chi connectivity index (χ0n) is 15.3. The van der Waals surface area contributed by atoms with E-state index in [2.05, 4.69) is 0 Å². The first-order chi connectivity index (χ1) is 11.8. The summed E-state index contributed by atoms with van der Waals surface area (Å²) in [6.07, 6.45) is 1.09.